The summed E-state index contributed by atoms with van der Waals surface area (Å²) in [6.07, 6.45) is -0.929. The van der Waals surface area contributed by atoms with Gasteiger partial charge in [0, 0.05) is 11.8 Å². The number of ether oxygens (including phenoxy) is 1. The summed E-state index contributed by atoms with van der Waals surface area (Å²) >= 11 is 0. The summed E-state index contributed by atoms with van der Waals surface area (Å²) in [7, 11) is 0. The Morgan fingerprint density at radius 3 is 2.43 bits per heavy atom. The highest BCUT2D eigenvalue weighted by atomic mass is 19.1. The van der Waals surface area contributed by atoms with Gasteiger partial charge in [-0.2, -0.15) is 0 Å². The lowest BCUT2D eigenvalue weighted by Crippen LogP contribution is -2.60. The lowest BCUT2D eigenvalue weighted by Gasteiger charge is -2.31. The highest BCUT2D eigenvalue weighted by Crippen LogP contribution is 2.67. The first kappa shape index (κ1) is 15.9. The van der Waals surface area contributed by atoms with Gasteiger partial charge in [0.25, 0.3) is 0 Å². The van der Waals surface area contributed by atoms with Crippen LogP contribution >= 0.6 is 0 Å². The molecule has 0 aliphatic heterocycles. The molecule has 1 unspecified atom stereocenters. The molecule has 2 aliphatic rings. The van der Waals surface area contributed by atoms with Gasteiger partial charge in [-0.25, -0.2) is 9.18 Å². The first-order valence-corrected chi connectivity index (χ1v) is 7.34. The third-order valence-corrected chi connectivity index (χ3v) is 5.07. The Hall–Kier alpha value is -1.99. The summed E-state index contributed by atoms with van der Waals surface area (Å²) in [5.41, 5.74) is 3.24. The van der Waals surface area contributed by atoms with Crippen molar-refractivity contribution in [3.63, 3.8) is 0 Å². The number of benzene rings is 1. The number of nitrogens with two attached hydrogens (primary N) is 1. The maximum Gasteiger partial charge on any atom is 0.342 e. The highest BCUT2D eigenvalue weighted by Gasteiger charge is 2.85. The van der Waals surface area contributed by atoms with Gasteiger partial charge >= 0.3 is 11.9 Å². The highest BCUT2D eigenvalue weighted by molar-refractivity contribution is 5.90. The van der Waals surface area contributed by atoms with Gasteiger partial charge < -0.3 is 20.7 Å². The van der Waals surface area contributed by atoms with Crippen molar-refractivity contribution in [2.24, 2.45) is 17.6 Å². The van der Waals surface area contributed by atoms with Crippen molar-refractivity contribution in [3.8, 4) is 0 Å². The van der Waals surface area contributed by atoms with Gasteiger partial charge in [-0.15, -0.1) is 0 Å². The van der Waals surface area contributed by atoms with Crippen LogP contribution < -0.4 is 5.73 Å². The van der Waals surface area contributed by atoms with Crippen LogP contribution in [0.15, 0.2) is 24.3 Å². The van der Waals surface area contributed by atoms with E-state index in [0.29, 0.717) is 0 Å². The smallest absolute Gasteiger partial charge is 0.342 e. The van der Waals surface area contributed by atoms with Crippen molar-refractivity contribution < 1.29 is 28.9 Å². The number of rotatable bonds is 5. The zero-order chi connectivity index (χ0) is 17.0. The van der Waals surface area contributed by atoms with Crippen molar-refractivity contribution in [2.45, 2.75) is 37.3 Å². The van der Waals surface area contributed by atoms with Crippen molar-refractivity contribution in [2.75, 3.05) is 0 Å². The second-order valence-corrected chi connectivity index (χ2v) is 6.42. The molecule has 1 aromatic carbocycles. The molecule has 4 N–H and O–H groups in total. The first-order chi connectivity index (χ1) is 10.7. The molecule has 2 saturated carbocycles. The van der Waals surface area contributed by atoms with E-state index in [2.05, 4.69) is 0 Å². The molecule has 1 aromatic rings. The molecule has 124 valence electrons. The number of aliphatic carboxylic acids is 2. The Morgan fingerprint density at radius 2 is 1.91 bits per heavy atom. The van der Waals surface area contributed by atoms with Crippen molar-refractivity contribution in [1.82, 2.24) is 0 Å². The van der Waals surface area contributed by atoms with E-state index in [1.54, 1.807) is 0 Å². The van der Waals surface area contributed by atoms with Crippen molar-refractivity contribution >= 4 is 11.9 Å². The second kappa shape index (κ2) is 5.01. The zero-order valence-electron chi connectivity index (χ0n) is 12.5. The lowest BCUT2D eigenvalue weighted by atomic mass is 9.88. The van der Waals surface area contributed by atoms with E-state index in [9.17, 15) is 19.1 Å². The Morgan fingerprint density at radius 1 is 1.30 bits per heavy atom. The van der Waals surface area contributed by atoms with Crippen molar-refractivity contribution in [1.29, 1.82) is 0 Å². The number of hydrogen-bond donors (Lipinski definition) is 3. The first-order valence-electron chi connectivity index (χ1n) is 7.34. The molecule has 0 radical (unpaired) electrons. The van der Waals surface area contributed by atoms with Gasteiger partial charge in [0.2, 0.25) is 5.67 Å². The van der Waals surface area contributed by atoms with E-state index in [4.69, 9.17) is 15.6 Å². The van der Waals surface area contributed by atoms with Crippen LogP contribution in [0.2, 0.25) is 0 Å². The van der Waals surface area contributed by atoms with E-state index < -0.39 is 41.1 Å². The number of carbonyl (C=O) groups is 2. The van der Waals surface area contributed by atoms with E-state index in [-0.39, 0.29) is 13.0 Å². The number of aryl methyl sites for hydroxylation is 1. The van der Waals surface area contributed by atoms with Gasteiger partial charge in [0.15, 0.2) is 0 Å². The normalized spacial score (nSPS) is 38.1. The average molecular weight is 323 g/mol. The average Bonchev–Trinajstić information content (AvgIpc) is 2.96. The van der Waals surface area contributed by atoms with Crippen LogP contribution in [-0.4, -0.2) is 39.5 Å². The lowest BCUT2D eigenvalue weighted by molar-refractivity contribution is -0.156. The predicted octanol–water partition coefficient (Wildman–Crippen LogP) is 1.10. The van der Waals surface area contributed by atoms with E-state index in [1.807, 2.05) is 31.2 Å². The minimum absolute atomic E-state index is 0.0118. The molecule has 0 amide bonds. The summed E-state index contributed by atoms with van der Waals surface area (Å²) in [5, 5.41) is 18.4. The summed E-state index contributed by atoms with van der Waals surface area (Å²) in [6, 6.07) is 7.49. The molecule has 5 atom stereocenters. The van der Waals surface area contributed by atoms with Crippen LogP contribution in [0.25, 0.3) is 0 Å². The molecule has 0 spiro atoms. The maximum atomic E-state index is 14.4. The van der Waals surface area contributed by atoms with E-state index >= 15 is 0 Å². The number of carboxylic acid groups (broad SMARTS) is 2. The summed E-state index contributed by atoms with van der Waals surface area (Å²) in [6.45, 7) is 2.08. The Bertz CT molecular complexity index is 663. The number of carboxylic acids is 2. The van der Waals surface area contributed by atoms with Gasteiger partial charge in [-0.3, -0.25) is 4.79 Å². The number of halogens is 1. The topological polar surface area (TPSA) is 110 Å². The zero-order valence-corrected chi connectivity index (χ0v) is 12.5. The fourth-order valence-corrected chi connectivity index (χ4v) is 3.69. The molecule has 0 aromatic heterocycles. The molecule has 3 rings (SSSR count). The minimum atomic E-state index is -2.56. The fourth-order valence-electron chi connectivity index (χ4n) is 3.69. The van der Waals surface area contributed by atoms with Crippen LogP contribution in [0.3, 0.4) is 0 Å². The molecular weight excluding hydrogens is 305 g/mol. The quantitative estimate of drug-likeness (QED) is 0.748. The molecule has 0 saturated heterocycles. The van der Waals surface area contributed by atoms with E-state index in [0.717, 1.165) is 11.1 Å². The molecule has 0 bridgehead atoms. The Balaban J connectivity index is 1.75. The molecule has 7 heteroatoms. The third-order valence-electron chi connectivity index (χ3n) is 5.07. The van der Waals surface area contributed by atoms with Crippen LogP contribution in [-0.2, 0) is 20.9 Å². The number of alkyl halides is 1. The fraction of sp³-hybridized carbons (Fsp3) is 0.500. The van der Waals surface area contributed by atoms with E-state index in [1.165, 1.54) is 0 Å². The minimum Gasteiger partial charge on any atom is -0.480 e. The van der Waals surface area contributed by atoms with Crippen molar-refractivity contribution in [3.05, 3.63) is 35.4 Å². The molecule has 2 fully saturated rings. The standard InChI is InChI=1S/C16H18FNO5/c1-8-2-4-9(5-3-8)7-23-11-6-10-12(15(10,17)13(19)20)16(11,18)14(21)22/h2-5,10-12H,6-7,18H2,1H3,(H,19,20)(H,21,22)/t10?,11-,12+,15-,16+/m1/s1. The molecule has 6 nitrogen and oxygen atoms in total. The monoisotopic (exact) mass is 323 g/mol. The third kappa shape index (κ3) is 2.14. The van der Waals surface area contributed by atoms with Crippen LogP contribution in [0, 0.1) is 18.8 Å². The predicted molar refractivity (Wildman–Crippen MR) is 77.4 cm³/mol. The van der Waals surface area contributed by atoms with Gasteiger partial charge in [-0.05, 0) is 18.9 Å². The Kier molecular flexibility index (Phi) is 3.46. The van der Waals surface area contributed by atoms with Gasteiger partial charge in [0.05, 0.1) is 12.7 Å². The summed E-state index contributed by atoms with van der Waals surface area (Å²) in [5.74, 6) is -5.25. The molecule has 0 heterocycles. The SMILES string of the molecule is Cc1ccc(CO[C@@H]2CC3[C@H]([C@]2(N)C(=O)O)[C@@]3(F)C(=O)O)cc1. The number of hydrogen-bond acceptors (Lipinski definition) is 4. The van der Waals surface area contributed by atoms with Crippen LogP contribution in [0.1, 0.15) is 17.5 Å². The van der Waals surface area contributed by atoms with Gasteiger partial charge in [-0.1, -0.05) is 29.8 Å². The molecular formula is C16H18FNO5. The Labute approximate surface area is 132 Å². The van der Waals surface area contributed by atoms with Gasteiger partial charge in [0.1, 0.15) is 5.54 Å². The second-order valence-electron chi connectivity index (χ2n) is 6.42. The number of fused-ring (bicyclic) bond motifs is 1. The maximum absolute atomic E-state index is 14.4. The van der Waals surface area contributed by atoms with Crippen LogP contribution in [0.5, 0.6) is 0 Å². The molecule has 2 aliphatic carbocycles. The summed E-state index contributed by atoms with van der Waals surface area (Å²) < 4.78 is 20.0. The summed E-state index contributed by atoms with van der Waals surface area (Å²) in [4.78, 5) is 22.6. The van der Waals surface area contributed by atoms with Crippen LogP contribution in [0.4, 0.5) is 4.39 Å². The largest absolute Gasteiger partial charge is 0.480 e. The molecule has 23 heavy (non-hydrogen) atoms.